The van der Waals surface area contributed by atoms with Crippen LogP contribution in [-0.4, -0.2) is 69.4 Å². The highest BCUT2D eigenvalue weighted by molar-refractivity contribution is 5.80. The van der Waals surface area contributed by atoms with Gasteiger partial charge in [0.15, 0.2) is 5.96 Å². The van der Waals surface area contributed by atoms with Crippen molar-refractivity contribution in [3.05, 3.63) is 29.8 Å². The average molecular weight is 388 g/mol. The molecule has 6 nitrogen and oxygen atoms in total. The average Bonchev–Trinajstić information content (AvgIpc) is 2.74. The second-order valence-electron chi connectivity index (χ2n) is 7.68. The van der Waals surface area contributed by atoms with Crippen LogP contribution in [0.2, 0.25) is 0 Å². The van der Waals surface area contributed by atoms with Crippen LogP contribution in [0.4, 0.5) is 5.69 Å². The van der Waals surface area contributed by atoms with Gasteiger partial charge >= 0.3 is 0 Å². The molecule has 0 radical (unpaired) electrons. The lowest BCUT2D eigenvalue weighted by atomic mass is 10.1. The Morgan fingerprint density at radius 1 is 1.11 bits per heavy atom. The Kier molecular flexibility index (Phi) is 8.42. The molecular formula is C22H37N5O. The Balaban J connectivity index is 1.60. The van der Waals surface area contributed by atoms with Crippen LogP contribution in [0.1, 0.15) is 38.7 Å². The van der Waals surface area contributed by atoms with E-state index in [0.29, 0.717) is 12.6 Å². The first kappa shape index (κ1) is 20.9. The maximum atomic E-state index is 5.51. The standard InChI is InChI=1S/C22H37N5O/c1-3-11-26-12-9-20(10-13-26)25-22(23-4-2)24-18-19-7-5-6-8-21(19)27-14-16-28-17-15-27/h5-8,20H,3-4,9-18H2,1-2H3,(H2,23,24,25). The number of rotatable bonds is 7. The topological polar surface area (TPSA) is 52.1 Å². The molecule has 2 aliphatic heterocycles. The van der Waals surface area contributed by atoms with Crippen LogP contribution in [-0.2, 0) is 11.3 Å². The quantitative estimate of drug-likeness (QED) is 0.556. The van der Waals surface area contributed by atoms with Gasteiger partial charge in [0, 0.05) is 44.5 Å². The van der Waals surface area contributed by atoms with Crippen molar-refractivity contribution in [1.82, 2.24) is 15.5 Å². The molecule has 2 fully saturated rings. The molecule has 0 aliphatic carbocycles. The third kappa shape index (κ3) is 6.11. The number of nitrogens with zero attached hydrogens (tertiary/aromatic N) is 3. The minimum atomic E-state index is 0.514. The van der Waals surface area contributed by atoms with Crippen molar-refractivity contribution in [2.45, 2.75) is 45.7 Å². The van der Waals surface area contributed by atoms with Crippen molar-refractivity contribution in [2.75, 3.05) is 57.4 Å². The molecule has 2 aliphatic rings. The van der Waals surface area contributed by atoms with Gasteiger partial charge in [-0.25, -0.2) is 4.99 Å². The van der Waals surface area contributed by atoms with Crippen LogP contribution in [0.3, 0.4) is 0 Å². The van der Waals surface area contributed by atoms with Crippen molar-refractivity contribution < 1.29 is 4.74 Å². The first-order chi connectivity index (χ1) is 13.8. The molecule has 1 aromatic rings. The SMILES string of the molecule is CCCN1CCC(NC(=NCc2ccccc2N2CCOCC2)NCC)CC1. The van der Waals surface area contributed by atoms with Gasteiger partial charge < -0.3 is 25.2 Å². The van der Waals surface area contributed by atoms with Gasteiger partial charge in [0.25, 0.3) is 0 Å². The first-order valence-corrected chi connectivity index (χ1v) is 11.0. The maximum absolute atomic E-state index is 5.51. The summed E-state index contributed by atoms with van der Waals surface area (Å²) in [6.07, 6.45) is 3.62. The van der Waals surface area contributed by atoms with Crippen LogP contribution in [0, 0.1) is 0 Å². The zero-order chi connectivity index (χ0) is 19.6. The van der Waals surface area contributed by atoms with Gasteiger partial charge in [-0.2, -0.15) is 0 Å². The Bertz CT molecular complexity index is 607. The van der Waals surface area contributed by atoms with Gasteiger partial charge in [-0.05, 0) is 44.4 Å². The minimum absolute atomic E-state index is 0.514. The van der Waals surface area contributed by atoms with Crippen LogP contribution < -0.4 is 15.5 Å². The monoisotopic (exact) mass is 387 g/mol. The molecule has 1 aromatic carbocycles. The molecule has 2 N–H and O–H groups in total. The molecular weight excluding hydrogens is 350 g/mol. The third-order valence-corrected chi connectivity index (χ3v) is 5.56. The summed E-state index contributed by atoms with van der Waals surface area (Å²) in [5.74, 6) is 0.938. The Labute approximate surface area is 170 Å². The van der Waals surface area contributed by atoms with Crippen molar-refractivity contribution in [3.8, 4) is 0 Å². The highest BCUT2D eigenvalue weighted by Gasteiger charge is 2.19. The van der Waals surface area contributed by atoms with Crippen LogP contribution >= 0.6 is 0 Å². The number of benzene rings is 1. The number of anilines is 1. The van der Waals surface area contributed by atoms with E-state index in [-0.39, 0.29) is 0 Å². The molecule has 3 rings (SSSR count). The molecule has 0 aromatic heterocycles. The summed E-state index contributed by atoms with van der Waals surface area (Å²) in [6, 6.07) is 9.14. The van der Waals surface area contributed by atoms with Gasteiger partial charge in [-0.3, -0.25) is 0 Å². The summed E-state index contributed by atoms with van der Waals surface area (Å²) in [4.78, 5) is 9.90. The summed E-state index contributed by atoms with van der Waals surface area (Å²) < 4.78 is 5.51. The first-order valence-electron chi connectivity index (χ1n) is 11.0. The molecule has 6 heteroatoms. The number of para-hydroxylation sites is 1. The second kappa shape index (κ2) is 11.3. The Morgan fingerprint density at radius 2 is 1.86 bits per heavy atom. The van der Waals surface area contributed by atoms with E-state index in [2.05, 4.69) is 58.5 Å². The molecule has 0 atom stereocenters. The lowest BCUT2D eigenvalue weighted by Gasteiger charge is -2.33. The number of likely N-dealkylation sites (tertiary alicyclic amines) is 1. The molecule has 2 saturated heterocycles. The number of hydrogen-bond donors (Lipinski definition) is 2. The van der Waals surface area contributed by atoms with Crippen LogP contribution in [0.5, 0.6) is 0 Å². The minimum Gasteiger partial charge on any atom is -0.378 e. The normalized spacial score (nSPS) is 19.6. The number of guanidine groups is 1. The number of hydrogen-bond acceptors (Lipinski definition) is 4. The van der Waals surface area contributed by atoms with Gasteiger partial charge in [0.2, 0.25) is 0 Å². The fourth-order valence-corrected chi connectivity index (χ4v) is 4.05. The molecule has 0 amide bonds. The van der Waals surface area contributed by atoms with Crippen molar-refractivity contribution in [2.24, 2.45) is 4.99 Å². The summed E-state index contributed by atoms with van der Waals surface area (Å²) >= 11 is 0. The summed E-state index contributed by atoms with van der Waals surface area (Å²) in [6.45, 7) is 13.1. The molecule has 156 valence electrons. The van der Waals surface area contributed by atoms with E-state index in [1.807, 2.05) is 0 Å². The zero-order valence-electron chi connectivity index (χ0n) is 17.6. The van der Waals surface area contributed by atoms with E-state index >= 15 is 0 Å². The molecule has 2 heterocycles. The van der Waals surface area contributed by atoms with Crippen molar-refractivity contribution >= 4 is 11.6 Å². The predicted octanol–water partition coefficient (Wildman–Crippen LogP) is 2.45. The summed E-state index contributed by atoms with van der Waals surface area (Å²) in [5, 5.41) is 7.09. The van der Waals surface area contributed by atoms with E-state index in [1.165, 1.54) is 50.1 Å². The molecule has 0 saturated carbocycles. The fraction of sp³-hybridized carbons (Fsp3) is 0.682. The van der Waals surface area contributed by atoms with E-state index in [9.17, 15) is 0 Å². The Morgan fingerprint density at radius 3 is 2.57 bits per heavy atom. The summed E-state index contributed by atoms with van der Waals surface area (Å²) in [7, 11) is 0. The predicted molar refractivity (Wildman–Crippen MR) is 117 cm³/mol. The smallest absolute Gasteiger partial charge is 0.191 e. The van der Waals surface area contributed by atoms with Crippen molar-refractivity contribution in [1.29, 1.82) is 0 Å². The van der Waals surface area contributed by atoms with E-state index in [4.69, 9.17) is 9.73 Å². The zero-order valence-corrected chi connectivity index (χ0v) is 17.6. The number of piperidine rings is 1. The van der Waals surface area contributed by atoms with Crippen LogP contribution in [0.25, 0.3) is 0 Å². The highest BCUT2D eigenvalue weighted by Crippen LogP contribution is 2.22. The number of ether oxygens (including phenoxy) is 1. The molecule has 0 unspecified atom stereocenters. The highest BCUT2D eigenvalue weighted by atomic mass is 16.5. The fourth-order valence-electron chi connectivity index (χ4n) is 4.05. The second-order valence-corrected chi connectivity index (χ2v) is 7.68. The van der Waals surface area contributed by atoms with E-state index < -0.39 is 0 Å². The van der Waals surface area contributed by atoms with Crippen molar-refractivity contribution in [3.63, 3.8) is 0 Å². The van der Waals surface area contributed by atoms with Gasteiger partial charge in [0.1, 0.15) is 0 Å². The molecule has 0 spiro atoms. The van der Waals surface area contributed by atoms with E-state index in [1.54, 1.807) is 0 Å². The van der Waals surface area contributed by atoms with Gasteiger partial charge in [-0.15, -0.1) is 0 Å². The number of nitrogens with one attached hydrogen (secondary N) is 2. The van der Waals surface area contributed by atoms with Crippen LogP contribution in [0.15, 0.2) is 29.3 Å². The number of aliphatic imine (C=N–C) groups is 1. The largest absolute Gasteiger partial charge is 0.378 e. The third-order valence-electron chi connectivity index (χ3n) is 5.56. The lowest BCUT2D eigenvalue weighted by molar-refractivity contribution is 0.122. The van der Waals surface area contributed by atoms with Gasteiger partial charge in [-0.1, -0.05) is 25.1 Å². The molecule has 0 bridgehead atoms. The van der Waals surface area contributed by atoms with Gasteiger partial charge in [0.05, 0.1) is 19.8 Å². The lowest BCUT2D eigenvalue weighted by Crippen LogP contribution is -2.48. The van der Waals surface area contributed by atoms with E-state index in [0.717, 1.165) is 38.8 Å². The Hall–Kier alpha value is -1.79. The maximum Gasteiger partial charge on any atom is 0.191 e. The number of morpholine rings is 1. The summed E-state index contributed by atoms with van der Waals surface area (Å²) in [5.41, 5.74) is 2.57. The molecule has 28 heavy (non-hydrogen) atoms.